The smallest absolute Gasteiger partial charge is 0.260 e. The van der Waals surface area contributed by atoms with Gasteiger partial charge in [0.25, 0.3) is 5.91 Å². The number of benzene rings is 1. The summed E-state index contributed by atoms with van der Waals surface area (Å²) in [6.45, 7) is 2.95. The molecule has 0 spiro atoms. The number of likely N-dealkylation sites (N-methyl/N-ethyl adjacent to an activating group) is 1. The maximum atomic E-state index is 11.7. The van der Waals surface area contributed by atoms with Crippen molar-refractivity contribution in [2.24, 2.45) is 0 Å². The Bertz CT molecular complexity index is 349. The first-order valence-electron chi connectivity index (χ1n) is 5.85. The molecule has 0 saturated heterocycles. The van der Waals surface area contributed by atoms with E-state index in [1.807, 2.05) is 0 Å². The largest absolute Gasteiger partial charge is 0.484 e. The minimum absolute atomic E-state index is 0.00438. The van der Waals surface area contributed by atoms with Crippen LogP contribution in [0.1, 0.15) is 19.8 Å². The van der Waals surface area contributed by atoms with E-state index in [-0.39, 0.29) is 12.5 Å². The number of nitrogens with two attached hydrogens (primary N) is 1. The molecule has 4 heteroatoms. The Balaban J connectivity index is 2.34. The first-order chi connectivity index (χ1) is 8.13. The van der Waals surface area contributed by atoms with E-state index in [1.165, 1.54) is 0 Å². The van der Waals surface area contributed by atoms with Gasteiger partial charge in [0.15, 0.2) is 6.61 Å². The van der Waals surface area contributed by atoms with E-state index in [9.17, 15) is 4.79 Å². The van der Waals surface area contributed by atoms with Crippen LogP contribution in [0.3, 0.4) is 0 Å². The van der Waals surface area contributed by atoms with Gasteiger partial charge < -0.3 is 15.4 Å². The number of carbonyl (C=O) groups is 1. The molecule has 0 aliphatic heterocycles. The summed E-state index contributed by atoms with van der Waals surface area (Å²) in [7, 11) is 1.80. The zero-order chi connectivity index (χ0) is 12.7. The van der Waals surface area contributed by atoms with Crippen LogP contribution >= 0.6 is 0 Å². The second kappa shape index (κ2) is 6.78. The minimum atomic E-state index is -0.00438. The molecule has 0 radical (unpaired) electrons. The molecule has 0 aliphatic carbocycles. The van der Waals surface area contributed by atoms with Crippen LogP contribution in [0.4, 0.5) is 5.69 Å². The van der Waals surface area contributed by atoms with Crippen LogP contribution in [0.25, 0.3) is 0 Å². The average molecular weight is 236 g/mol. The van der Waals surface area contributed by atoms with E-state index in [0.717, 1.165) is 19.4 Å². The molecule has 0 fully saturated rings. The van der Waals surface area contributed by atoms with Gasteiger partial charge >= 0.3 is 0 Å². The third-order valence-corrected chi connectivity index (χ3v) is 2.52. The lowest BCUT2D eigenvalue weighted by Gasteiger charge is -2.16. The predicted molar refractivity (Wildman–Crippen MR) is 68.9 cm³/mol. The highest BCUT2D eigenvalue weighted by molar-refractivity contribution is 5.77. The zero-order valence-corrected chi connectivity index (χ0v) is 10.5. The number of anilines is 1. The SMILES string of the molecule is CCCCN(C)C(=O)COc1ccc(N)cc1. The van der Waals surface area contributed by atoms with Gasteiger partial charge in [-0.05, 0) is 30.7 Å². The van der Waals surface area contributed by atoms with Crippen molar-refractivity contribution >= 4 is 11.6 Å². The second-order valence-corrected chi connectivity index (χ2v) is 4.03. The standard InChI is InChI=1S/C13H20N2O2/c1-3-4-9-15(2)13(16)10-17-12-7-5-11(14)6-8-12/h5-8H,3-4,9-10,14H2,1-2H3. The van der Waals surface area contributed by atoms with Gasteiger partial charge in [0, 0.05) is 19.3 Å². The molecule has 0 saturated carbocycles. The fourth-order valence-electron chi connectivity index (χ4n) is 1.34. The van der Waals surface area contributed by atoms with Crippen LogP contribution in [-0.4, -0.2) is 31.0 Å². The van der Waals surface area contributed by atoms with Crippen molar-refractivity contribution in [1.29, 1.82) is 0 Å². The van der Waals surface area contributed by atoms with Crippen LogP contribution in [0.2, 0.25) is 0 Å². The van der Waals surface area contributed by atoms with Crippen LogP contribution < -0.4 is 10.5 Å². The molecule has 1 amide bonds. The van der Waals surface area contributed by atoms with E-state index >= 15 is 0 Å². The Hall–Kier alpha value is -1.71. The van der Waals surface area contributed by atoms with Crippen molar-refractivity contribution in [2.45, 2.75) is 19.8 Å². The lowest BCUT2D eigenvalue weighted by molar-refractivity contribution is -0.132. The first-order valence-corrected chi connectivity index (χ1v) is 5.85. The molecular weight excluding hydrogens is 216 g/mol. The van der Waals surface area contributed by atoms with Crippen LogP contribution in [0.5, 0.6) is 5.75 Å². The van der Waals surface area contributed by atoms with Crippen LogP contribution in [0.15, 0.2) is 24.3 Å². The number of amides is 1. The van der Waals surface area contributed by atoms with Crippen molar-refractivity contribution in [3.8, 4) is 5.75 Å². The summed E-state index contributed by atoms with van der Waals surface area (Å²) in [6, 6.07) is 7.02. The molecule has 0 unspecified atom stereocenters. The van der Waals surface area contributed by atoms with Gasteiger partial charge in [0.1, 0.15) is 5.75 Å². The normalized spacial score (nSPS) is 10.0. The topological polar surface area (TPSA) is 55.6 Å². The highest BCUT2D eigenvalue weighted by atomic mass is 16.5. The van der Waals surface area contributed by atoms with Crippen molar-refractivity contribution in [3.63, 3.8) is 0 Å². The third kappa shape index (κ3) is 4.76. The minimum Gasteiger partial charge on any atom is -0.484 e. The number of hydrogen-bond acceptors (Lipinski definition) is 3. The molecule has 0 aliphatic rings. The number of unbranched alkanes of at least 4 members (excludes halogenated alkanes) is 1. The van der Waals surface area contributed by atoms with Gasteiger partial charge in [-0.1, -0.05) is 13.3 Å². The number of nitrogen functional groups attached to an aromatic ring is 1. The maximum Gasteiger partial charge on any atom is 0.260 e. The molecule has 1 rings (SSSR count). The van der Waals surface area contributed by atoms with Crippen molar-refractivity contribution in [2.75, 3.05) is 25.9 Å². The molecule has 0 atom stereocenters. The van der Waals surface area contributed by atoms with E-state index in [4.69, 9.17) is 10.5 Å². The zero-order valence-electron chi connectivity index (χ0n) is 10.5. The summed E-state index contributed by atoms with van der Waals surface area (Å²) in [5, 5.41) is 0. The predicted octanol–water partition coefficient (Wildman–Crippen LogP) is 1.91. The lowest BCUT2D eigenvalue weighted by Crippen LogP contribution is -2.32. The fraction of sp³-hybridized carbons (Fsp3) is 0.462. The third-order valence-electron chi connectivity index (χ3n) is 2.52. The van der Waals surface area contributed by atoms with Crippen molar-refractivity contribution < 1.29 is 9.53 Å². The molecule has 0 aromatic heterocycles. The van der Waals surface area contributed by atoms with Gasteiger partial charge in [0.05, 0.1) is 0 Å². The Labute approximate surface area is 102 Å². The Morgan fingerprint density at radius 2 is 2.00 bits per heavy atom. The van der Waals surface area contributed by atoms with Gasteiger partial charge in [-0.2, -0.15) is 0 Å². The maximum absolute atomic E-state index is 11.7. The van der Waals surface area contributed by atoms with Gasteiger partial charge in [-0.3, -0.25) is 4.79 Å². The van der Waals surface area contributed by atoms with Gasteiger partial charge in [-0.15, -0.1) is 0 Å². The second-order valence-electron chi connectivity index (χ2n) is 4.03. The number of ether oxygens (including phenoxy) is 1. The number of nitrogens with zero attached hydrogens (tertiary/aromatic N) is 1. The molecular formula is C13H20N2O2. The van der Waals surface area contributed by atoms with E-state index in [2.05, 4.69) is 6.92 Å². The summed E-state index contributed by atoms with van der Waals surface area (Å²) in [5.41, 5.74) is 6.24. The quantitative estimate of drug-likeness (QED) is 0.767. The molecule has 4 nitrogen and oxygen atoms in total. The molecule has 94 valence electrons. The number of carbonyl (C=O) groups excluding carboxylic acids is 1. The average Bonchev–Trinajstić information content (AvgIpc) is 2.34. The number of rotatable bonds is 6. The Kier molecular flexibility index (Phi) is 5.33. The van der Waals surface area contributed by atoms with Crippen molar-refractivity contribution in [3.05, 3.63) is 24.3 Å². The summed E-state index contributed by atoms with van der Waals surface area (Å²) in [5.74, 6) is 0.659. The Morgan fingerprint density at radius 3 is 2.59 bits per heavy atom. The van der Waals surface area contributed by atoms with Gasteiger partial charge in [0.2, 0.25) is 0 Å². The first kappa shape index (κ1) is 13.4. The summed E-state index contributed by atoms with van der Waals surface area (Å²) < 4.78 is 5.38. The highest BCUT2D eigenvalue weighted by Crippen LogP contribution is 2.12. The Morgan fingerprint density at radius 1 is 1.35 bits per heavy atom. The molecule has 1 aromatic carbocycles. The molecule has 1 aromatic rings. The van der Waals surface area contributed by atoms with Crippen LogP contribution in [0, 0.1) is 0 Å². The molecule has 17 heavy (non-hydrogen) atoms. The highest BCUT2D eigenvalue weighted by Gasteiger charge is 2.08. The molecule has 0 bridgehead atoms. The van der Waals surface area contributed by atoms with E-state index in [0.29, 0.717) is 11.4 Å². The monoisotopic (exact) mass is 236 g/mol. The summed E-state index contributed by atoms with van der Waals surface area (Å²) in [6.07, 6.45) is 2.10. The summed E-state index contributed by atoms with van der Waals surface area (Å²) in [4.78, 5) is 13.4. The summed E-state index contributed by atoms with van der Waals surface area (Å²) >= 11 is 0. The van der Waals surface area contributed by atoms with E-state index < -0.39 is 0 Å². The molecule has 2 N–H and O–H groups in total. The van der Waals surface area contributed by atoms with Gasteiger partial charge in [-0.25, -0.2) is 0 Å². The number of hydrogen-bond donors (Lipinski definition) is 1. The molecule has 0 heterocycles. The van der Waals surface area contributed by atoms with Crippen LogP contribution in [-0.2, 0) is 4.79 Å². The fourth-order valence-corrected chi connectivity index (χ4v) is 1.34. The van der Waals surface area contributed by atoms with Crippen molar-refractivity contribution in [1.82, 2.24) is 4.90 Å². The van der Waals surface area contributed by atoms with E-state index in [1.54, 1.807) is 36.2 Å². The lowest BCUT2D eigenvalue weighted by atomic mass is 10.3.